The third-order valence-electron chi connectivity index (χ3n) is 2.70. The molecule has 0 aliphatic heterocycles. The molecule has 0 saturated heterocycles. The van der Waals surface area contributed by atoms with Gasteiger partial charge in [0, 0.05) is 31.6 Å². The lowest BCUT2D eigenvalue weighted by Crippen LogP contribution is -2.18. The highest BCUT2D eigenvalue weighted by atomic mass is 32.1. The van der Waals surface area contributed by atoms with Crippen LogP contribution in [-0.2, 0) is 12.6 Å². The van der Waals surface area contributed by atoms with Crippen molar-refractivity contribution in [1.82, 2.24) is 9.97 Å². The number of aromatic nitrogens is 2. The zero-order valence-electron chi connectivity index (χ0n) is 11.6. The van der Waals surface area contributed by atoms with Gasteiger partial charge in [-0.25, -0.2) is 4.98 Å². The predicted molar refractivity (Wildman–Crippen MR) is 77.9 cm³/mol. The Balaban J connectivity index is 2.12. The minimum absolute atomic E-state index is 0.00918. The van der Waals surface area contributed by atoms with E-state index in [1.807, 2.05) is 17.5 Å². The topological polar surface area (TPSA) is 41.1 Å². The normalized spacial score (nSPS) is 11.5. The molecular weight excluding hydrogens is 301 g/mol. The lowest BCUT2D eigenvalue weighted by atomic mass is 10.3. The molecule has 0 radical (unpaired) electrons. The van der Waals surface area contributed by atoms with Crippen LogP contribution in [0.15, 0.2) is 23.6 Å². The van der Waals surface area contributed by atoms with Crippen molar-refractivity contribution >= 4 is 23.1 Å². The molecule has 1 N–H and O–H groups in total. The van der Waals surface area contributed by atoms with Gasteiger partial charge in [0.2, 0.25) is 5.95 Å². The van der Waals surface area contributed by atoms with Crippen LogP contribution in [0.4, 0.5) is 24.9 Å². The van der Waals surface area contributed by atoms with Crippen LogP contribution < -0.4 is 10.2 Å². The maximum Gasteiger partial charge on any atom is 0.433 e. The Labute approximate surface area is 124 Å². The Kier molecular flexibility index (Phi) is 4.66. The van der Waals surface area contributed by atoms with Crippen molar-refractivity contribution in [3.05, 3.63) is 34.2 Å². The monoisotopic (exact) mass is 316 g/mol. The molecule has 0 atom stereocenters. The molecule has 21 heavy (non-hydrogen) atoms. The van der Waals surface area contributed by atoms with Gasteiger partial charge in [0.05, 0.1) is 0 Å². The van der Waals surface area contributed by atoms with Crippen molar-refractivity contribution in [2.24, 2.45) is 0 Å². The average molecular weight is 316 g/mol. The standard InChI is InChI=1S/C13H15F3N4S/c1-20(2)11-8-10(13(14,15)16)18-12(19-11)17-6-5-9-4-3-7-21-9/h3-4,7-8H,5-6H2,1-2H3,(H,17,18,19). The summed E-state index contributed by atoms with van der Waals surface area (Å²) in [6.07, 6.45) is -3.77. The average Bonchev–Trinajstić information content (AvgIpc) is 2.90. The molecule has 0 unspecified atom stereocenters. The number of nitrogens with one attached hydrogen (secondary N) is 1. The summed E-state index contributed by atoms with van der Waals surface area (Å²) >= 11 is 1.60. The van der Waals surface area contributed by atoms with Crippen molar-refractivity contribution in [3.63, 3.8) is 0 Å². The number of thiophene rings is 1. The van der Waals surface area contributed by atoms with Gasteiger partial charge < -0.3 is 10.2 Å². The van der Waals surface area contributed by atoms with Crippen molar-refractivity contribution in [1.29, 1.82) is 0 Å². The van der Waals surface area contributed by atoms with Gasteiger partial charge in [-0.1, -0.05) is 6.07 Å². The van der Waals surface area contributed by atoms with E-state index >= 15 is 0 Å². The van der Waals surface area contributed by atoms with Crippen LogP contribution in [0, 0.1) is 0 Å². The lowest BCUT2D eigenvalue weighted by molar-refractivity contribution is -0.141. The van der Waals surface area contributed by atoms with Gasteiger partial charge in [-0.05, 0) is 17.9 Å². The Hall–Kier alpha value is -1.83. The van der Waals surface area contributed by atoms with Crippen LogP contribution in [0.5, 0.6) is 0 Å². The zero-order valence-corrected chi connectivity index (χ0v) is 12.4. The Morgan fingerprint density at radius 3 is 2.62 bits per heavy atom. The molecule has 4 nitrogen and oxygen atoms in total. The summed E-state index contributed by atoms with van der Waals surface area (Å²) in [6.45, 7) is 0.481. The number of alkyl halides is 3. The summed E-state index contributed by atoms with van der Waals surface area (Å²) in [4.78, 5) is 10.3. The second kappa shape index (κ2) is 6.30. The molecule has 0 aliphatic rings. The van der Waals surface area contributed by atoms with Crippen molar-refractivity contribution in [2.45, 2.75) is 12.6 Å². The van der Waals surface area contributed by atoms with Crippen molar-refractivity contribution in [3.8, 4) is 0 Å². The van der Waals surface area contributed by atoms with Crippen LogP contribution in [0.25, 0.3) is 0 Å². The molecule has 2 aromatic heterocycles. The largest absolute Gasteiger partial charge is 0.433 e. The fourth-order valence-electron chi connectivity index (χ4n) is 1.64. The molecule has 8 heteroatoms. The summed E-state index contributed by atoms with van der Waals surface area (Å²) in [5, 5.41) is 4.81. The van der Waals surface area contributed by atoms with Crippen LogP contribution in [-0.4, -0.2) is 30.6 Å². The highest BCUT2D eigenvalue weighted by molar-refractivity contribution is 7.09. The third-order valence-corrected chi connectivity index (χ3v) is 3.63. The number of rotatable bonds is 5. The third kappa shape index (κ3) is 4.32. The molecule has 0 aliphatic carbocycles. The molecule has 0 saturated carbocycles. The maximum absolute atomic E-state index is 12.8. The molecule has 0 amide bonds. The van der Waals surface area contributed by atoms with E-state index in [9.17, 15) is 13.2 Å². The molecule has 0 aromatic carbocycles. The van der Waals surface area contributed by atoms with Crippen LogP contribution >= 0.6 is 11.3 Å². The summed E-state index contributed by atoms with van der Waals surface area (Å²) in [7, 11) is 3.27. The van der Waals surface area contributed by atoms with Gasteiger partial charge in [-0.3, -0.25) is 0 Å². The van der Waals surface area contributed by atoms with Gasteiger partial charge in [-0.15, -0.1) is 11.3 Å². The highest BCUT2D eigenvalue weighted by Crippen LogP contribution is 2.30. The second-order valence-electron chi connectivity index (χ2n) is 4.58. The van der Waals surface area contributed by atoms with Crippen LogP contribution in [0.1, 0.15) is 10.6 Å². The number of hydrogen-bond donors (Lipinski definition) is 1. The number of hydrogen-bond acceptors (Lipinski definition) is 5. The van der Waals surface area contributed by atoms with E-state index in [2.05, 4.69) is 15.3 Å². The number of anilines is 2. The maximum atomic E-state index is 12.8. The quantitative estimate of drug-likeness (QED) is 0.919. The van der Waals surface area contributed by atoms with Gasteiger partial charge in [0.25, 0.3) is 0 Å². The van der Waals surface area contributed by atoms with Gasteiger partial charge in [0.1, 0.15) is 5.82 Å². The number of nitrogens with zero attached hydrogens (tertiary/aromatic N) is 3. The van der Waals surface area contributed by atoms with E-state index in [0.717, 1.165) is 10.9 Å². The Morgan fingerprint density at radius 2 is 2.05 bits per heavy atom. The Morgan fingerprint density at radius 1 is 1.29 bits per heavy atom. The van der Waals surface area contributed by atoms with E-state index in [0.29, 0.717) is 13.0 Å². The van der Waals surface area contributed by atoms with Gasteiger partial charge in [-0.2, -0.15) is 18.2 Å². The van der Waals surface area contributed by atoms with Crippen LogP contribution in [0.3, 0.4) is 0 Å². The summed E-state index contributed by atoms with van der Waals surface area (Å²) in [5.74, 6) is 0.209. The molecule has 2 heterocycles. The summed E-state index contributed by atoms with van der Waals surface area (Å²) in [5.41, 5.74) is -0.945. The van der Waals surface area contributed by atoms with Crippen LogP contribution in [0.2, 0.25) is 0 Å². The fourth-order valence-corrected chi connectivity index (χ4v) is 2.35. The SMILES string of the molecule is CN(C)c1cc(C(F)(F)F)nc(NCCc2cccs2)n1. The van der Waals surface area contributed by atoms with E-state index in [4.69, 9.17) is 0 Å². The van der Waals surface area contributed by atoms with E-state index in [-0.39, 0.29) is 11.8 Å². The fraction of sp³-hybridized carbons (Fsp3) is 0.385. The lowest BCUT2D eigenvalue weighted by Gasteiger charge is -2.15. The smallest absolute Gasteiger partial charge is 0.363 e. The van der Waals surface area contributed by atoms with E-state index in [1.54, 1.807) is 25.4 Å². The van der Waals surface area contributed by atoms with Gasteiger partial charge >= 0.3 is 6.18 Å². The summed E-state index contributed by atoms with van der Waals surface area (Å²) < 4.78 is 38.5. The molecule has 0 bridgehead atoms. The van der Waals surface area contributed by atoms with Crippen molar-refractivity contribution in [2.75, 3.05) is 30.9 Å². The molecule has 2 rings (SSSR count). The molecule has 114 valence electrons. The first kappa shape index (κ1) is 15.6. The molecule has 0 spiro atoms. The minimum Gasteiger partial charge on any atom is -0.363 e. The Bertz CT molecular complexity index is 582. The molecule has 0 fully saturated rings. The second-order valence-corrected chi connectivity index (χ2v) is 5.62. The van der Waals surface area contributed by atoms with Crippen molar-refractivity contribution < 1.29 is 13.2 Å². The molecule has 2 aromatic rings. The predicted octanol–water partition coefficient (Wildman–Crippen LogP) is 3.28. The first-order chi connectivity index (χ1) is 9.86. The number of halogens is 3. The minimum atomic E-state index is -4.49. The molecular formula is C13H15F3N4S. The summed E-state index contributed by atoms with van der Waals surface area (Å²) in [6, 6.07) is 4.85. The van der Waals surface area contributed by atoms with E-state index < -0.39 is 11.9 Å². The van der Waals surface area contributed by atoms with Gasteiger partial charge in [0.15, 0.2) is 5.69 Å². The highest BCUT2D eigenvalue weighted by Gasteiger charge is 2.33. The van der Waals surface area contributed by atoms with E-state index in [1.165, 1.54) is 4.90 Å². The first-order valence-corrected chi connectivity index (χ1v) is 7.14. The first-order valence-electron chi connectivity index (χ1n) is 6.26. The zero-order chi connectivity index (χ0) is 15.5.